The number of aliphatic hydroxyl groups is 1. The number of anilines is 2. The number of amides is 8. The van der Waals surface area contributed by atoms with Gasteiger partial charge in [0.1, 0.15) is 31.9 Å². The number of rotatable bonds is 20. The van der Waals surface area contributed by atoms with Crippen molar-refractivity contribution in [2.24, 2.45) is 10.9 Å². The number of imide groups is 1. The highest BCUT2D eigenvalue weighted by molar-refractivity contribution is 6.13. The Balaban J connectivity index is 0.871. The zero-order valence-electron chi connectivity index (χ0n) is 47.5. The van der Waals surface area contributed by atoms with E-state index in [0.29, 0.717) is 41.0 Å². The average Bonchev–Trinajstić information content (AvgIpc) is 4.38. The highest BCUT2D eigenvalue weighted by atomic mass is 16.6. The van der Waals surface area contributed by atoms with E-state index in [1.807, 2.05) is 0 Å². The second kappa shape index (κ2) is 25.3. The molecule has 5 atom stereocenters. The van der Waals surface area contributed by atoms with Crippen molar-refractivity contribution in [2.45, 2.75) is 90.2 Å². The Morgan fingerprint density at radius 1 is 0.729 bits per heavy atom. The van der Waals surface area contributed by atoms with Crippen LogP contribution < -0.4 is 39.8 Å². The zero-order valence-corrected chi connectivity index (χ0v) is 47.5. The lowest BCUT2D eigenvalue weighted by atomic mass is 10.0. The monoisotopic (exact) mass is 1170 g/mol. The van der Waals surface area contributed by atoms with Gasteiger partial charge in [-0.2, -0.15) is 0 Å². The number of carbonyl (C=O) groups excluding carboxylic acids is 9. The van der Waals surface area contributed by atoms with Gasteiger partial charge in [0.2, 0.25) is 17.7 Å². The van der Waals surface area contributed by atoms with Crippen molar-refractivity contribution in [3.63, 3.8) is 0 Å². The third-order valence-corrected chi connectivity index (χ3v) is 14.7. The van der Waals surface area contributed by atoms with Crippen LogP contribution in [-0.2, 0) is 53.3 Å². The number of aliphatic imine (C=N–C) groups is 1. The Morgan fingerprint density at radius 2 is 1.34 bits per heavy atom. The lowest BCUT2D eigenvalue weighted by molar-refractivity contribution is -0.137. The molecule has 5 aliphatic rings. The number of hydrogen-bond donors (Lipinski definition) is 4. The molecule has 3 aromatic carbocycles. The smallest absolute Gasteiger partial charge is 0.416 e. The molecule has 8 amide bonds. The van der Waals surface area contributed by atoms with E-state index < -0.39 is 71.9 Å². The number of ether oxygens (including phenoxy) is 6. The summed E-state index contributed by atoms with van der Waals surface area (Å²) < 4.78 is 34.7. The molecule has 85 heavy (non-hydrogen) atoms. The van der Waals surface area contributed by atoms with Crippen LogP contribution in [0.25, 0.3) is 0 Å². The van der Waals surface area contributed by atoms with Crippen LogP contribution in [0.15, 0.2) is 102 Å². The summed E-state index contributed by atoms with van der Waals surface area (Å²) in [6.07, 6.45) is 1.82. The number of benzene rings is 3. The van der Waals surface area contributed by atoms with E-state index in [-0.39, 0.29) is 115 Å². The van der Waals surface area contributed by atoms with Gasteiger partial charge in [0, 0.05) is 62.2 Å². The molecule has 0 unspecified atom stereocenters. The number of carbonyl (C=O) groups is 9. The SMILES string of the molecule is C=C1C[C@H]2C=Nc3cc(OCc4cc(C(=O)OC)cc(COc5cc6c(cc5OC)C(=O)N5CC(=C)C[C@H]5[C@H](O)N6C(=O)OCc5ccc(NC(=O)[C@H](C)NC(=O)[C@@H](NC(=O)CCN6C(=O)C=CC6=O)C(C)C)cc5)n4)c(OC)cc3C(=O)N2C1. The summed E-state index contributed by atoms with van der Waals surface area (Å²) in [6.45, 7) is 12.5. The second-order valence-corrected chi connectivity index (χ2v) is 21.1. The first-order chi connectivity index (χ1) is 40.6. The molecule has 1 aromatic heterocycles. The zero-order chi connectivity index (χ0) is 61.0. The minimum absolute atomic E-state index is 0.0157. The first-order valence-electron chi connectivity index (χ1n) is 27.1. The minimum atomic E-state index is -1.63. The van der Waals surface area contributed by atoms with E-state index in [4.69, 9.17) is 33.4 Å². The fourth-order valence-corrected chi connectivity index (χ4v) is 10.3. The first-order valence-corrected chi connectivity index (χ1v) is 27.1. The quantitative estimate of drug-likeness (QED) is 0.0531. The van der Waals surface area contributed by atoms with E-state index in [1.165, 1.54) is 57.4 Å². The number of aliphatic hydroxyl groups excluding tert-OH is 1. The molecule has 0 radical (unpaired) electrons. The molecule has 25 heteroatoms. The molecule has 4 aromatic rings. The lowest BCUT2D eigenvalue weighted by Crippen LogP contribution is -2.54. The van der Waals surface area contributed by atoms with Crippen molar-refractivity contribution in [1.29, 1.82) is 0 Å². The van der Waals surface area contributed by atoms with Crippen molar-refractivity contribution >= 4 is 76.7 Å². The van der Waals surface area contributed by atoms with E-state index in [9.17, 15) is 48.3 Å². The van der Waals surface area contributed by atoms with Crippen LogP contribution in [-0.4, -0.2) is 156 Å². The van der Waals surface area contributed by atoms with Crippen LogP contribution in [0.5, 0.6) is 23.0 Å². The number of esters is 1. The highest BCUT2D eigenvalue weighted by Gasteiger charge is 2.46. The average molecular weight is 1170 g/mol. The molecule has 9 rings (SSSR count). The maximum Gasteiger partial charge on any atom is 0.416 e. The van der Waals surface area contributed by atoms with E-state index in [1.54, 1.807) is 61.4 Å². The number of aromatic nitrogens is 1. The standard InChI is InChI=1S/C60H63N9O16/c1-31(2)53(65-50(70)15-16-66-51(71)13-14-52(66)72)55(74)62-34(5)54(73)64-37-11-9-35(10-12-37)28-85-60(79)69-44-24-49(47(81-7)22-42(44)57(76)68-27-33(4)18-45(68)58(69)77)84-30-39-20-36(59(78)82-8)19-38(63-39)29-83-48-23-43-41(21-46(48)80-6)56(75)67-26-32(3)17-40(67)25-61-43/h9-14,19-25,31,34,40,45,53,58,77H,3-4,15-18,26-30H2,1-2,5-8H3,(H,62,74)(H,64,73)(H,65,70)/t34-,40-,45-,53-,58-/m0/s1. The number of methoxy groups -OCH3 is 3. The van der Waals surface area contributed by atoms with Crippen LogP contribution in [0.3, 0.4) is 0 Å². The van der Waals surface area contributed by atoms with Crippen LogP contribution in [0, 0.1) is 5.92 Å². The van der Waals surface area contributed by atoms with Crippen LogP contribution in [0.2, 0.25) is 0 Å². The van der Waals surface area contributed by atoms with Crippen molar-refractivity contribution in [3.8, 4) is 23.0 Å². The third-order valence-electron chi connectivity index (χ3n) is 14.7. The third kappa shape index (κ3) is 13.0. The molecule has 4 N–H and O–H groups in total. The van der Waals surface area contributed by atoms with Gasteiger partial charge in [0.05, 0.1) is 72.9 Å². The number of fused-ring (bicyclic) bond motifs is 4. The Kier molecular flexibility index (Phi) is 17.8. The summed E-state index contributed by atoms with van der Waals surface area (Å²) in [6, 6.07) is 11.9. The van der Waals surface area contributed by atoms with Crippen LogP contribution >= 0.6 is 0 Å². The predicted molar refractivity (Wildman–Crippen MR) is 304 cm³/mol. The Labute approximate surface area is 488 Å². The summed E-state index contributed by atoms with van der Waals surface area (Å²) in [4.78, 5) is 133. The van der Waals surface area contributed by atoms with Crippen molar-refractivity contribution in [1.82, 2.24) is 30.3 Å². The van der Waals surface area contributed by atoms with Gasteiger partial charge >= 0.3 is 12.1 Å². The topological polar surface area (TPSA) is 304 Å². The Morgan fingerprint density at radius 3 is 1.98 bits per heavy atom. The van der Waals surface area contributed by atoms with Gasteiger partial charge in [-0.15, -0.1) is 0 Å². The lowest BCUT2D eigenvalue weighted by Gasteiger charge is -2.31. The van der Waals surface area contributed by atoms with Crippen LogP contribution in [0.4, 0.5) is 21.9 Å². The maximum atomic E-state index is 14.4. The molecule has 0 bridgehead atoms. The molecule has 25 nitrogen and oxygen atoms in total. The molecule has 5 aliphatic heterocycles. The summed E-state index contributed by atoms with van der Waals surface area (Å²) in [5.41, 5.74) is 3.63. The number of nitrogens with zero attached hydrogens (tertiary/aromatic N) is 6. The second-order valence-electron chi connectivity index (χ2n) is 21.1. The summed E-state index contributed by atoms with van der Waals surface area (Å²) in [5.74, 6) is -4.05. The molecule has 2 saturated heterocycles. The minimum Gasteiger partial charge on any atom is -0.493 e. The molecule has 6 heterocycles. The molecule has 2 fully saturated rings. The maximum absolute atomic E-state index is 14.4. The predicted octanol–water partition coefficient (Wildman–Crippen LogP) is 4.68. The van der Waals surface area contributed by atoms with Gasteiger partial charge < -0.3 is 59.3 Å². The van der Waals surface area contributed by atoms with Crippen LogP contribution in [0.1, 0.15) is 88.1 Å². The first kappa shape index (κ1) is 59.7. The summed E-state index contributed by atoms with van der Waals surface area (Å²) >= 11 is 0. The Bertz CT molecular complexity index is 3470. The summed E-state index contributed by atoms with van der Waals surface area (Å²) in [5, 5.41) is 20.0. The van der Waals surface area contributed by atoms with Gasteiger partial charge in [-0.3, -0.25) is 48.4 Å². The fourth-order valence-electron chi connectivity index (χ4n) is 10.3. The molecule has 444 valence electrons. The highest BCUT2D eigenvalue weighted by Crippen LogP contribution is 2.43. The normalized spacial score (nSPS) is 18.4. The van der Waals surface area contributed by atoms with E-state index in [0.717, 1.165) is 27.5 Å². The summed E-state index contributed by atoms with van der Waals surface area (Å²) in [7, 11) is 4.03. The molecule has 0 spiro atoms. The van der Waals surface area contributed by atoms with E-state index >= 15 is 0 Å². The largest absolute Gasteiger partial charge is 0.493 e. The number of pyridine rings is 1. The Hall–Kier alpha value is -9.91. The van der Waals surface area contributed by atoms with Gasteiger partial charge in [0.15, 0.2) is 29.2 Å². The van der Waals surface area contributed by atoms with Gasteiger partial charge in [0.25, 0.3) is 23.6 Å². The van der Waals surface area contributed by atoms with Crippen molar-refractivity contribution in [3.05, 3.63) is 131 Å². The number of hydrogen-bond acceptors (Lipinski definition) is 18. The van der Waals surface area contributed by atoms with Gasteiger partial charge in [-0.05, 0) is 67.6 Å². The fraction of sp³-hybridized carbons (Fsp3) is 0.350. The van der Waals surface area contributed by atoms with Crippen molar-refractivity contribution in [2.75, 3.05) is 51.2 Å². The van der Waals surface area contributed by atoms with E-state index in [2.05, 4.69) is 34.1 Å². The molecular weight excluding hydrogens is 1100 g/mol. The molecule has 0 aliphatic carbocycles. The van der Waals surface area contributed by atoms with Gasteiger partial charge in [-0.25, -0.2) is 14.5 Å². The van der Waals surface area contributed by atoms with Gasteiger partial charge in [-0.1, -0.05) is 50.3 Å². The van der Waals surface area contributed by atoms with Crippen molar-refractivity contribution < 1.29 is 76.7 Å². The molecule has 0 saturated carbocycles. The molecular formula is C60H63N9O16. The number of nitrogens with one attached hydrogen (secondary N) is 3.